The summed E-state index contributed by atoms with van der Waals surface area (Å²) in [7, 11) is 0. The molecule has 0 atom stereocenters. The third-order valence-electron chi connectivity index (χ3n) is 7.13. The maximum absolute atomic E-state index is 9.37. The van der Waals surface area contributed by atoms with E-state index in [9.17, 15) is 5.26 Å². The number of nitrogens with one attached hydrogen (secondary N) is 1. The summed E-state index contributed by atoms with van der Waals surface area (Å²) in [5.41, 5.74) is 4.68. The van der Waals surface area contributed by atoms with E-state index in [0.29, 0.717) is 12.5 Å². The Morgan fingerprint density at radius 2 is 1.63 bits per heavy atom. The van der Waals surface area contributed by atoms with Crippen molar-refractivity contribution >= 4 is 17.0 Å². The monoisotopic (exact) mass is 462 g/mol. The Morgan fingerprint density at radius 3 is 2.34 bits per heavy atom. The van der Waals surface area contributed by atoms with Crippen molar-refractivity contribution in [2.24, 2.45) is 4.99 Å². The second-order valence-corrected chi connectivity index (χ2v) is 9.23. The Morgan fingerprint density at radius 1 is 0.971 bits per heavy atom. The fraction of sp³-hybridized carbons (Fsp3) is 0.276. The Balaban J connectivity index is 1.42. The fourth-order valence-corrected chi connectivity index (χ4v) is 5.19. The molecule has 4 aromatic rings. The van der Waals surface area contributed by atoms with E-state index in [2.05, 4.69) is 88.6 Å². The molecule has 2 heterocycles. The van der Waals surface area contributed by atoms with Crippen LogP contribution in [0.1, 0.15) is 29.8 Å². The number of rotatable bonds is 5. The Bertz CT molecular complexity index is 1340. The van der Waals surface area contributed by atoms with Gasteiger partial charge in [-0.05, 0) is 43.0 Å². The molecule has 1 N–H and O–H groups in total. The summed E-state index contributed by atoms with van der Waals surface area (Å²) in [6, 6.07) is 29.4. The van der Waals surface area contributed by atoms with Crippen molar-refractivity contribution in [3.8, 4) is 6.19 Å². The number of aryl methyl sites for hydroxylation is 1. The van der Waals surface area contributed by atoms with Gasteiger partial charge in [0.05, 0.1) is 17.6 Å². The number of aliphatic imine (C=N–C) groups is 1. The lowest BCUT2D eigenvalue weighted by molar-refractivity contribution is 0.199. The second-order valence-electron chi connectivity index (χ2n) is 9.23. The van der Waals surface area contributed by atoms with Gasteiger partial charge in [0.2, 0.25) is 5.96 Å². The van der Waals surface area contributed by atoms with Crippen molar-refractivity contribution in [2.75, 3.05) is 13.1 Å². The first-order valence-corrected chi connectivity index (χ1v) is 12.1. The molecule has 6 heteroatoms. The Labute approximate surface area is 206 Å². The number of nitrogens with zero attached hydrogens (tertiary/aromatic N) is 5. The van der Waals surface area contributed by atoms with Gasteiger partial charge in [-0.25, -0.2) is 9.98 Å². The number of hydrogen-bond acceptors (Lipinski definition) is 3. The van der Waals surface area contributed by atoms with Gasteiger partial charge in [-0.2, -0.15) is 5.26 Å². The van der Waals surface area contributed by atoms with E-state index in [1.54, 1.807) is 0 Å². The van der Waals surface area contributed by atoms with Crippen LogP contribution in [0, 0.1) is 18.4 Å². The van der Waals surface area contributed by atoms with Gasteiger partial charge in [-0.15, -0.1) is 0 Å². The first-order chi connectivity index (χ1) is 17.2. The van der Waals surface area contributed by atoms with E-state index in [4.69, 9.17) is 9.98 Å². The summed E-state index contributed by atoms with van der Waals surface area (Å²) < 4.78 is 2.37. The Kier molecular flexibility index (Phi) is 6.49. The molecule has 0 spiro atoms. The van der Waals surface area contributed by atoms with Gasteiger partial charge in [-0.3, -0.25) is 5.32 Å². The molecule has 6 nitrogen and oxygen atoms in total. The molecule has 1 aliphatic rings. The van der Waals surface area contributed by atoms with Crippen molar-refractivity contribution in [2.45, 2.75) is 38.3 Å². The molecular formula is C29H30N6. The predicted molar refractivity (Wildman–Crippen MR) is 140 cm³/mol. The van der Waals surface area contributed by atoms with Crippen LogP contribution in [0.25, 0.3) is 11.0 Å². The molecule has 0 unspecified atom stereocenters. The standard InChI is InChI=1S/C29H30N6/c1-23-33-26-14-8-9-15-27(26)35(23)21-29(25-12-6-3-7-13-25)16-18-34(19-17-29)28(32-22-30)31-20-24-10-4-2-5-11-24/h2-15H,16-21H2,1H3,(H,31,32). The molecule has 1 aromatic heterocycles. The molecule has 5 rings (SSSR count). The number of fused-ring (bicyclic) bond motifs is 1. The number of aromatic nitrogens is 2. The SMILES string of the molecule is Cc1nc2ccccc2n1CC1(c2ccccc2)CCN(C(=NCc2ccccc2)NC#N)CC1. The molecule has 1 saturated heterocycles. The van der Waals surface area contributed by atoms with Gasteiger partial charge in [0.25, 0.3) is 0 Å². The third-order valence-corrected chi connectivity index (χ3v) is 7.13. The molecule has 0 bridgehead atoms. The minimum atomic E-state index is -0.0246. The van der Waals surface area contributed by atoms with Crippen LogP contribution in [0.4, 0.5) is 0 Å². The zero-order chi connectivity index (χ0) is 24.1. The number of guanidine groups is 1. The highest BCUT2D eigenvalue weighted by Crippen LogP contribution is 2.38. The zero-order valence-electron chi connectivity index (χ0n) is 20.1. The summed E-state index contributed by atoms with van der Waals surface area (Å²) in [6.45, 7) is 5.16. The summed E-state index contributed by atoms with van der Waals surface area (Å²) in [5.74, 6) is 1.70. The fourth-order valence-electron chi connectivity index (χ4n) is 5.19. The van der Waals surface area contributed by atoms with Gasteiger partial charge in [0.15, 0.2) is 6.19 Å². The quantitative estimate of drug-likeness (QED) is 0.196. The number of para-hydroxylation sites is 2. The first-order valence-electron chi connectivity index (χ1n) is 12.1. The minimum absolute atomic E-state index is 0.0246. The number of benzene rings is 3. The van der Waals surface area contributed by atoms with Crippen LogP contribution in [0.3, 0.4) is 0 Å². The number of nitriles is 1. The lowest BCUT2D eigenvalue weighted by Gasteiger charge is -2.43. The van der Waals surface area contributed by atoms with E-state index in [0.717, 1.165) is 49.4 Å². The molecule has 0 saturated carbocycles. The molecule has 3 aromatic carbocycles. The molecule has 176 valence electrons. The van der Waals surface area contributed by atoms with Gasteiger partial charge in [0.1, 0.15) is 5.82 Å². The van der Waals surface area contributed by atoms with Crippen molar-refractivity contribution < 1.29 is 0 Å². The number of hydrogen-bond donors (Lipinski definition) is 1. The highest BCUT2D eigenvalue weighted by Gasteiger charge is 2.38. The minimum Gasteiger partial charge on any atom is -0.342 e. The molecule has 35 heavy (non-hydrogen) atoms. The van der Waals surface area contributed by atoms with Crippen LogP contribution in [0.15, 0.2) is 89.9 Å². The molecule has 1 aliphatic heterocycles. The largest absolute Gasteiger partial charge is 0.342 e. The van der Waals surface area contributed by atoms with Crippen LogP contribution >= 0.6 is 0 Å². The van der Waals surface area contributed by atoms with Crippen molar-refractivity contribution in [3.63, 3.8) is 0 Å². The second kappa shape index (κ2) is 10.0. The van der Waals surface area contributed by atoms with Crippen LogP contribution in [0.5, 0.6) is 0 Å². The molecule has 0 radical (unpaired) electrons. The van der Waals surface area contributed by atoms with Gasteiger partial charge < -0.3 is 9.47 Å². The summed E-state index contributed by atoms with van der Waals surface area (Å²) in [4.78, 5) is 11.8. The van der Waals surface area contributed by atoms with Crippen LogP contribution < -0.4 is 5.32 Å². The van der Waals surface area contributed by atoms with E-state index < -0.39 is 0 Å². The summed E-state index contributed by atoms with van der Waals surface area (Å²) >= 11 is 0. The van der Waals surface area contributed by atoms with Gasteiger partial charge in [-0.1, -0.05) is 72.8 Å². The highest BCUT2D eigenvalue weighted by atomic mass is 15.3. The number of imidazole rings is 1. The average Bonchev–Trinajstić information content (AvgIpc) is 3.22. The van der Waals surface area contributed by atoms with Crippen molar-refractivity contribution in [1.29, 1.82) is 5.26 Å². The lowest BCUT2D eigenvalue weighted by atomic mass is 9.72. The van der Waals surface area contributed by atoms with Crippen LogP contribution in [-0.2, 0) is 18.5 Å². The Hall–Kier alpha value is -4.11. The molecule has 1 fully saturated rings. The third kappa shape index (κ3) is 4.76. The van der Waals surface area contributed by atoms with Crippen LogP contribution in [-0.4, -0.2) is 33.5 Å². The van der Waals surface area contributed by atoms with Crippen molar-refractivity contribution in [1.82, 2.24) is 19.8 Å². The maximum Gasteiger partial charge on any atom is 0.207 e. The van der Waals surface area contributed by atoms with E-state index >= 15 is 0 Å². The molecule has 0 amide bonds. The summed E-state index contributed by atoms with van der Waals surface area (Å²) in [6.07, 6.45) is 4.00. The smallest absolute Gasteiger partial charge is 0.207 e. The molecular weight excluding hydrogens is 432 g/mol. The van der Waals surface area contributed by atoms with Crippen molar-refractivity contribution in [3.05, 3.63) is 102 Å². The number of piperidine rings is 1. The maximum atomic E-state index is 9.37. The summed E-state index contributed by atoms with van der Waals surface area (Å²) in [5, 5.41) is 12.2. The topological polar surface area (TPSA) is 69.2 Å². The van der Waals surface area contributed by atoms with E-state index in [1.165, 1.54) is 11.1 Å². The normalized spacial score (nSPS) is 15.7. The zero-order valence-corrected chi connectivity index (χ0v) is 20.1. The molecule has 0 aliphatic carbocycles. The highest BCUT2D eigenvalue weighted by molar-refractivity contribution is 5.81. The van der Waals surface area contributed by atoms with E-state index in [1.807, 2.05) is 24.3 Å². The average molecular weight is 463 g/mol. The first kappa shape index (κ1) is 22.7. The lowest BCUT2D eigenvalue weighted by Crippen LogP contribution is -2.50. The van der Waals surface area contributed by atoms with Gasteiger partial charge >= 0.3 is 0 Å². The van der Waals surface area contributed by atoms with Crippen LogP contribution in [0.2, 0.25) is 0 Å². The predicted octanol–water partition coefficient (Wildman–Crippen LogP) is 5.01. The van der Waals surface area contributed by atoms with Gasteiger partial charge in [0, 0.05) is 25.0 Å². The number of likely N-dealkylation sites (tertiary alicyclic amines) is 1. The van der Waals surface area contributed by atoms with E-state index in [-0.39, 0.29) is 5.41 Å².